The predicted octanol–water partition coefficient (Wildman–Crippen LogP) is 4.43. The number of nitrogens with one attached hydrogen (secondary N) is 1. The summed E-state index contributed by atoms with van der Waals surface area (Å²) in [6.45, 7) is 3.54. The van der Waals surface area contributed by atoms with Crippen molar-refractivity contribution in [3.8, 4) is 17.6 Å². The molecule has 0 saturated heterocycles. The number of aromatic hydroxyl groups is 1. The normalized spacial score (nSPS) is 10.6. The maximum atomic E-state index is 9.63. The lowest BCUT2D eigenvalue weighted by Crippen LogP contribution is -2.12. The number of nitrogens with zero attached hydrogens (tertiary/aromatic N) is 3. The Morgan fingerprint density at radius 2 is 1.97 bits per heavy atom. The molecule has 0 saturated carbocycles. The van der Waals surface area contributed by atoms with Crippen LogP contribution in [0.25, 0.3) is 5.65 Å². The van der Waals surface area contributed by atoms with Gasteiger partial charge in [0, 0.05) is 24.0 Å². The van der Waals surface area contributed by atoms with Crippen LogP contribution in [0.2, 0.25) is 5.15 Å². The van der Waals surface area contributed by atoms with E-state index in [1.54, 1.807) is 24.4 Å². The number of aromatic nitrogens is 3. The molecule has 4 rings (SSSR count). The molecule has 0 aliphatic heterocycles. The summed E-state index contributed by atoms with van der Waals surface area (Å²) in [7, 11) is 0. The molecular formula is C24H21ClN4O2. The van der Waals surface area contributed by atoms with Crippen LogP contribution in [0.3, 0.4) is 0 Å². The number of ether oxygens (including phenoxy) is 1. The Morgan fingerprint density at radius 1 is 1.13 bits per heavy atom. The van der Waals surface area contributed by atoms with Crippen molar-refractivity contribution in [2.75, 3.05) is 18.5 Å². The van der Waals surface area contributed by atoms with Crippen LogP contribution in [0.5, 0.6) is 5.75 Å². The minimum absolute atomic E-state index is 0.157. The number of halogens is 1. The highest BCUT2D eigenvalue weighted by Gasteiger charge is 2.14. The standard InChI is InChI=1S/C24H21ClN4O2/c1-17-15-27-24-23(26-12-13-31-16-19-6-3-2-4-7-19)28-21(22(25)29(17)24)11-10-18-8-5-9-20(30)14-18/h2-9,14-15,30H,12-13,16H2,1H3,(H,26,28). The molecule has 4 aromatic rings. The van der Waals surface area contributed by atoms with E-state index in [1.807, 2.05) is 47.7 Å². The highest BCUT2D eigenvalue weighted by molar-refractivity contribution is 6.30. The largest absolute Gasteiger partial charge is 0.508 e. The summed E-state index contributed by atoms with van der Waals surface area (Å²) in [6, 6.07) is 16.8. The molecule has 0 atom stereocenters. The van der Waals surface area contributed by atoms with Gasteiger partial charge in [-0.05, 0) is 36.6 Å². The summed E-state index contributed by atoms with van der Waals surface area (Å²) in [4.78, 5) is 9.02. The van der Waals surface area contributed by atoms with Gasteiger partial charge in [0.15, 0.2) is 17.2 Å². The quantitative estimate of drug-likeness (QED) is 0.348. The van der Waals surface area contributed by atoms with E-state index in [-0.39, 0.29) is 5.75 Å². The Kier molecular flexibility index (Phi) is 6.37. The summed E-state index contributed by atoms with van der Waals surface area (Å²) in [5.41, 5.74) is 3.73. The Balaban J connectivity index is 1.52. The Bertz CT molecular complexity index is 1260. The first-order valence-electron chi connectivity index (χ1n) is 9.82. The Morgan fingerprint density at radius 3 is 2.77 bits per heavy atom. The van der Waals surface area contributed by atoms with Crippen molar-refractivity contribution in [3.05, 3.63) is 88.5 Å². The van der Waals surface area contributed by atoms with E-state index in [0.717, 1.165) is 11.3 Å². The summed E-state index contributed by atoms with van der Waals surface area (Å²) in [6.07, 6.45) is 1.74. The number of hydrogen-bond donors (Lipinski definition) is 2. The van der Waals surface area contributed by atoms with Crippen molar-refractivity contribution in [1.82, 2.24) is 14.4 Å². The van der Waals surface area contributed by atoms with E-state index in [1.165, 1.54) is 0 Å². The van der Waals surface area contributed by atoms with Gasteiger partial charge in [-0.2, -0.15) is 0 Å². The highest BCUT2D eigenvalue weighted by Crippen LogP contribution is 2.23. The van der Waals surface area contributed by atoms with Gasteiger partial charge in [0.2, 0.25) is 0 Å². The molecule has 156 valence electrons. The van der Waals surface area contributed by atoms with Crippen molar-refractivity contribution in [1.29, 1.82) is 0 Å². The first kappa shape index (κ1) is 20.7. The third-order valence-corrected chi connectivity index (χ3v) is 4.94. The fraction of sp³-hybridized carbons (Fsp3) is 0.167. The van der Waals surface area contributed by atoms with Gasteiger partial charge in [-0.3, -0.25) is 4.40 Å². The van der Waals surface area contributed by atoms with Crippen LogP contribution >= 0.6 is 11.6 Å². The van der Waals surface area contributed by atoms with E-state index in [9.17, 15) is 5.11 Å². The molecule has 7 heteroatoms. The summed E-state index contributed by atoms with van der Waals surface area (Å²) in [5, 5.41) is 13.3. The van der Waals surface area contributed by atoms with Crippen molar-refractivity contribution in [3.63, 3.8) is 0 Å². The molecule has 0 amide bonds. The summed E-state index contributed by atoms with van der Waals surface area (Å²) in [5.74, 6) is 6.74. The van der Waals surface area contributed by atoms with Crippen LogP contribution in [-0.2, 0) is 11.3 Å². The molecule has 2 N–H and O–H groups in total. The number of fused-ring (bicyclic) bond motifs is 1. The minimum Gasteiger partial charge on any atom is -0.508 e. The second-order valence-corrected chi connectivity index (χ2v) is 7.28. The zero-order valence-electron chi connectivity index (χ0n) is 17.0. The number of aryl methyl sites for hydroxylation is 1. The smallest absolute Gasteiger partial charge is 0.181 e. The molecule has 0 fully saturated rings. The van der Waals surface area contributed by atoms with E-state index in [0.29, 0.717) is 47.6 Å². The number of phenols is 1. The van der Waals surface area contributed by atoms with E-state index >= 15 is 0 Å². The molecule has 2 aromatic carbocycles. The number of imidazole rings is 1. The van der Waals surface area contributed by atoms with Gasteiger partial charge in [0.1, 0.15) is 10.9 Å². The number of rotatable bonds is 6. The van der Waals surface area contributed by atoms with E-state index < -0.39 is 0 Å². The fourth-order valence-electron chi connectivity index (χ4n) is 3.08. The predicted molar refractivity (Wildman–Crippen MR) is 121 cm³/mol. The van der Waals surface area contributed by atoms with Gasteiger partial charge in [-0.1, -0.05) is 53.9 Å². The van der Waals surface area contributed by atoms with Crippen molar-refractivity contribution in [2.45, 2.75) is 13.5 Å². The molecule has 0 radical (unpaired) electrons. The number of anilines is 1. The van der Waals surface area contributed by atoms with Crippen molar-refractivity contribution >= 4 is 23.1 Å². The maximum absolute atomic E-state index is 9.63. The van der Waals surface area contributed by atoms with Gasteiger partial charge in [0.05, 0.1) is 13.2 Å². The highest BCUT2D eigenvalue weighted by atomic mass is 35.5. The SMILES string of the molecule is Cc1cnc2c(NCCOCc3ccccc3)nc(C#Cc3cccc(O)c3)c(Cl)n12. The monoisotopic (exact) mass is 432 g/mol. The minimum atomic E-state index is 0.157. The Labute approximate surface area is 185 Å². The molecule has 0 aliphatic rings. The van der Waals surface area contributed by atoms with Crippen LogP contribution in [0.1, 0.15) is 22.5 Å². The zero-order chi connectivity index (χ0) is 21.6. The molecule has 0 unspecified atom stereocenters. The van der Waals surface area contributed by atoms with Crippen LogP contribution in [0, 0.1) is 18.8 Å². The second-order valence-electron chi connectivity index (χ2n) is 6.92. The first-order valence-corrected chi connectivity index (χ1v) is 10.2. The third kappa shape index (κ3) is 4.97. The fourth-order valence-corrected chi connectivity index (χ4v) is 3.39. The van der Waals surface area contributed by atoms with Gasteiger partial charge in [-0.15, -0.1) is 0 Å². The van der Waals surface area contributed by atoms with Crippen molar-refractivity contribution < 1.29 is 9.84 Å². The van der Waals surface area contributed by atoms with E-state index in [4.69, 9.17) is 16.3 Å². The van der Waals surface area contributed by atoms with Crippen LogP contribution in [-0.4, -0.2) is 32.6 Å². The Hall–Kier alpha value is -3.53. The van der Waals surface area contributed by atoms with Gasteiger partial charge < -0.3 is 15.2 Å². The van der Waals surface area contributed by atoms with Crippen LogP contribution < -0.4 is 5.32 Å². The molecule has 2 heterocycles. The van der Waals surface area contributed by atoms with Crippen LogP contribution in [0.4, 0.5) is 5.82 Å². The second kappa shape index (κ2) is 9.52. The topological polar surface area (TPSA) is 71.7 Å². The molecule has 0 spiro atoms. The first-order chi connectivity index (χ1) is 15.1. The molecule has 2 aromatic heterocycles. The maximum Gasteiger partial charge on any atom is 0.181 e. The van der Waals surface area contributed by atoms with Crippen LogP contribution in [0.15, 0.2) is 60.8 Å². The summed E-state index contributed by atoms with van der Waals surface area (Å²) >= 11 is 6.57. The van der Waals surface area contributed by atoms with E-state index in [2.05, 4.69) is 27.1 Å². The molecule has 0 bridgehead atoms. The summed E-state index contributed by atoms with van der Waals surface area (Å²) < 4.78 is 7.55. The molecule has 6 nitrogen and oxygen atoms in total. The number of hydrogen-bond acceptors (Lipinski definition) is 5. The molecule has 31 heavy (non-hydrogen) atoms. The van der Waals surface area contributed by atoms with Crippen molar-refractivity contribution in [2.24, 2.45) is 0 Å². The average Bonchev–Trinajstić information content (AvgIpc) is 3.17. The van der Waals surface area contributed by atoms with Gasteiger partial charge in [-0.25, -0.2) is 9.97 Å². The lowest BCUT2D eigenvalue weighted by atomic mass is 10.2. The number of phenolic OH excluding ortho intramolecular Hbond substituents is 1. The molecule has 0 aliphatic carbocycles. The zero-order valence-corrected chi connectivity index (χ0v) is 17.7. The van der Waals surface area contributed by atoms with Gasteiger partial charge in [0.25, 0.3) is 0 Å². The third-order valence-electron chi connectivity index (χ3n) is 4.59. The average molecular weight is 433 g/mol. The lowest BCUT2D eigenvalue weighted by Gasteiger charge is -2.11. The molecular weight excluding hydrogens is 412 g/mol. The van der Waals surface area contributed by atoms with Gasteiger partial charge >= 0.3 is 0 Å². The number of benzene rings is 2. The lowest BCUT2D eigenvalue weighted by molar-refractivity contribution is 0.130.